The molecule has 1 fully saturated rings. The fraction of sp³-hybridized carbons (Fsp3) is 0.333. The number of piperazine rings is 1. The molecule has 0 amide bonds. The highest BCUT2D eigenvalue weighted by molar-refractivity contribution is 7.92. The van der Waals surface area contributed by atoms with Gasteiger partial charge in [-0.1, -0.05) is 17.7 Å². The minimum Gasteiger partial charge on any atom is -0.369 e. The molecule has 0 spiro atoms. The second-order valence-corrected chi connectivity index (χ2v) is 7.94. The van der Waals surface area contributed by atoms with E-state index in [0.29, 0.717) is 5.69 Å². The van der Waals surface area contributed by atoms with E-state index in [4.69, 9.17) is 0 Å². The predicted molar refractivity (Wildman–Crippen MR) is 98.1 cm³/mol. The number of nitrogens with one attached hydrogen (secondary N) is 1. The molecule has 0 radical (unpaired) electrons. The van der Waals surface area contributed by atoms with Crippen molar-refractivity contribution in [3.63, 3.8) is 0 Å². The zero-order valence-electron chi connectivity index (χ0n) is 14.1. The summed E-state index contributed by atoms with van der Waals surface area (Å²) in [6.07, 6.45) is 0. The van der Waals surface area contributed by atoms with Crippen molar-refractivity contribution in [3.05, 3.63) is 54.1 Å². The zero-order valence-corrected chi connectivity index (χ0v) is 14.9. The Labute approximate surface area is 144 Å². The Morgan fingerprint density at radius 1 is 0.875 bits per heavy atom. The van der Waals surface area contributed by atoms with Gasteiger partial charge in [-0.25, -0.2) is 8.42 Å². The van der Waals surface area contributed by atoms with Crippen LogP contribution in [0.15, 0.2) is 53.4 Å². The minimum atomic E-state index is -3.55. The first-order valence-corrected chi connectivity index (χ1v) is 9.55. The van der Waals surface area contributed by atoms with Crippen molar-refractivity contribution in [1.29, 1.82) is 0 Å². The molecule has 128 valence electrons. The Morgan fingerprint density at radius 2 is 1.46 bits per heavy atom. The van der Waals surface area contributed by atoms with Crippen molar-refractivity contribution in [2.45, 2.75) is 11.8 Å². The number of rotatable bonds is 4. The fourth-order valence-corrected chi connectivity index (χ4v) is 3.80. The summed E-state index contributed by atoms with van der Waals surface area (Å²) in [6, 6.07) is 14.4. The van der Waals surface area contributed by atoms with Crippen molar-refractivity contribution < 1.29 is 8.42 Å². The molecule has 1 aliphatic heterocycles. The Hall–Kier alpha value is -2.05. The molecule has 5 nitrogen and oxygen atoms in total. The molecule has 0 bridgehead atoms. The minimum absolute atomic E-state index is 0.274. The van der Waals surface area contributed by atoms with Crippen molar-refractivity contribution in [2.24, 2.45) is 0 Å². The standard InChI is InChI=1S/C18H23N3O2S/c1-15-3-9-18(10-4-15)24(22,23)19-16-5-7-17(8-6-16)21-13-11-20(2)12-14-21/h3-10,19H,11-14H2,1-2H3. The number of nitrogens with zero attached hydrogens (tertiary/aromatic N) is 2. The van der Waals surface area contributed by atoms with E-state index in [9.17, 15) is 8.42 Å². The van der Waals surface area contributed by atoms with Crippen molar-refractivity contribution in [1.82, 2.24) is 4.90 Å². The number of hydrogen-bond donors (Lipinski definition) is 1. The first kappa shape index (κ1) is 16.8. The van der Waals surface area contributed by atoms with Gasteiger partial charge in [-0.2, -0.15) is 0 Å². The molecular weight excluding hydrogens is 322 g/mol. The number of benzene rings is 2. The molecule has 24 heavy (non-hydrogen) atoms. The van der Waals surface area contributed by atoms with Crippen LogP contribution < -0.4 is 9.62 Å². The maximum absolute atomic E-state index is 12.4. The summed E-state index contributed by atoms with van der Waals surface area (Å²) < 4.78 is 27.5. The number of likely N-dealkylation sites (N-methyl/N-ethyl adjacent to an activating group) is 1. The van der Waals surface area contributed by atoms with Gasteiger partial charge in [-0.3, -0.25) is 4.72 Å². The van der Waals surface area contributed by atoms with E-state index < -0.39 is 10.0 Å². The molecule has 3 rings (SSSR count). The Balaban J connectivity index is 1.70. The molecule has 0 atom stereocenters. The van der Waals surface area contributed by atoms with Crippen LogP contribution in [-0.2, 0) is 10.0 Å². The van der Waals surface area contributed by atoms with Gasteiger partial charge >= 0.3 is 0 Å². The molecule has 1 N–H and O–H groups in total. The lowest BCUT2D eigenvalue weighted by Crippen LogP contribution is -2.44. The molecule has 2 aromatic carbocycles. The summed E-state index contributed by atoms with van der Waals surface area (Å²) in [6.45, 7) is 6.00. The van der Waals surface area contributed by atoms with Crippen LogP contribution in [0.1, 0.15) is 5.56 Å². The first-order chi connectivity index (χ1) is 11.4. The highest BCUT2D eigenvalue weighted by Crippen LogP contribution is 2.21. The molecule has 6 heteroatoms. The molecule has 0 saturated carbocycles. The summed E-state index contributed by atoms with van der Waals surface area (Å²) in [5.41, 5.74) is 2.74. The summed E-state index contributed by atoms with van der Waals surface area (Å²) in [4.78, 5) is 4.90. The first-order valence-electron chi connectivity index (χ1n) is 8.07. The normalized spacial score (nSPS) is 16.2. The summed E-state index contributed by atoms with van der Waals surface area (Å²) in [7, 11) is -1.42. The molecule has 1 heterocycles. The van der Waals surface area contributed by atoms with Crippen LogP contribution in [0.25, 0.3) is 0 Å². The maximum Gasteiger partial charge on any atom is 0.261 e. The summed E-state index contributed by atoms with van der Waals surface area (Å²) in [5.74, 6) is 0. The lowest BCUT2D eigenvalue weighted by Gasteiger charge is -2.34. The number of sulfonamides is 1. The van der Waals surface area contributed by atoms with Gasteiger partial charge in [0.25, 0.3) is 10.0 Å². The van der Waals surface area contributed by atoms with E-state index in [2.05, 4.69) is 21.6 Å². The third-order valence-electron chi connectivity index (χ3n) is 4.32. The van der Waals surface area contributed by atoms with Gasteiger partial charge in [0.05, 0.1) is 4.90 Å². The molecule has 0 aromatic heterocycles. The van der Waals surface area contributed by atoms with Crippen molar-refractivity contribution >= 4 is 21.4 Å². The van der Waals surface area contributed by atoms with Crippen LogP contribution in [-0.4, -0.2) is 46.5 Å². The van der Waals surface area contributed by atoms with E-state index >= 15 is 0 Å². The average Bonchev–Trinajstić information content (AvgIpc) is 2.56. The van der Waals surface area contributed by atoms with Gasteiger partial charge in [0, 0.05) is 37.6 Å². The topological polar surface area (TPSA) is 52.7 Å². The SMILES string of the molecule is Cc1ccc(S(=O)(=O)Nc2ccc(N3CCN(C)CC3)cc2)cc1. The van der Waals surface area contributed by atoms with Crippen LogP contribution >= 0.6 is 0 Å². The molecule has 1 saturated heterocycles. The van der Waals surface area contributed by atoms with Crippen LogP contribution in [0.2, 0.25) is 0 Å². The monoisotopic (exact) mass is 345 g/mol. The fourth-order valence-electron chi connectivity index (χ4n) is 2.74. The zero-order chi connectivity index (χ0) is 17.2. The predicted octanol–water partition coefficient (Wildman–Crippen LogP) is 2.55. The van der Waals surface area contributed by atoms with Crippen LogP contribution in [0.3, 0.4) is 0 Å². The third-order valence-corrected chi connectivity index (χ3v) is 5.72. The van der Waals surface area contributed by atoms with Gasteiger partial charge in [0.1, 0.15) is 0 Å². The maximum atomic E-state index is 12.4. The van der Waals surface area contributed by atoms with Crippen LogP contribution in [0.5, 0.6) is 0 Å². The lowest BCUT2D eigenvalue weighted by atomic mass is 10.2. The van der Waals surface area contributed by atoms with Gasteiger partial charge < -0.3 is 9.80 Å². The quantitative estimate of drug-likeness (QED) is 0.925. The lowest BCUT2D eigenvalue weighted by molar-refractivity contribution is 0.313. The average molecular weight is 345 g/mol. The number of anilines is 2. The third kappa shape index (κ3) is 3.88. The van der Waals surface area contributed by atoms with E-state index in [1.54, 1.807) is 24.3 Å². The van der Waals surface area contributed by atoms with E-state index in [1.165, 1.54) is 0 Å². The smallest absolute Gasteiger partial charge is 0.261 e. The largest absolute Gasteiger partial charge is 0.369 e. The molecule has 2 aromatic rings. The highest BCUT2D eigenvalue weighted by atomic mass is 32.2. The van der Waals surface area contributed by atoms with Crippen molar-refractivity contribution in [2.75, 3.05) is 42.8 Å². The summed E-state index contributed by atoms with van der Waals surface area (Å²) in [5, 5.41) is 0. The van der Waals surface area contributed by atoms with Gasteiger partial charge in [-0.15, -0.1) is 0 Å². The van der Waals surface area contributed by atoms with E-state index in [-0.39, 0.29) is 4.90 Å². The Bertz CT molecular complexity index is 778. The number of hydrogen-bond acceptors (Lipinski definition) is 4. The van der Waals surface area contributed by atoms with Crippen LogP contribution in [0, 0.1) is 6.92 Å². The second kappa shape index (κ2) is 6.83. The van der Waals surface area contributed by atoms with Gasteiger partial charge in [0.15, 0.2) is 0 Å². The van der Waals surface area contributed by atoms with E-state index in [1.807, 2.05) is 31.2 Å². The summed E-state index contributed by atoms with van der Waals surface area (Å²) >= 11 is 0. The van der Waals surface area contributed by atoms with Gasteiger partial charge in [-0.05, 0) is 50.4 Å². The Morgan fingerprint density at radius 3 is 2.04 bits per heavy atom. The molecule has 1 aliphatic rings. The molecule has 0 aliphatic carbocycles. The van der Waals surface area contributed by atoms with Crippen molar-refractivity contribution in [3.8, 4) is 0 Å². The highest BCUT2D eigenvalue weighted by Gasteiger charge is 2.16. The Kier molecular flexibility index (Phi) is 4.78. The number of aryl methyl sites for hydroxylation is 1. The van der Waals surface area contributed by atoms with Gasteiger partial charge in [0.2, 0.25) is 0 Å². The molecule has 0 unspecified atom stereocenters. The van der Waals surface area contributed by atoms with Crippen LogP contribution in [0.4, 0.5) is 11.4 Å². The van der Waals surface area contributed by atoms with E-state index in [0.717, 1.165) is 37.4 Å². The molecular formula is C18H23N3O2S. The second-order valence-electron chi connectivity index (χ2n) is 6.26.